The zero-order valence-electron chi connectivity index (χ0n) is 19.1. The Morgan fingerprint density at radius 1 is 1.20 bits per heavy atom. The molecule has 1 aromatic carbocycles. The van der Waals surface area contributed by atoms with Crippen LogP contribution in [-0.4, -0.2) is 58.8 Å². The number of pyridine rings is 1. The fourth-order valence-electron chi connectivity index (χ4n) is 4.29. The molecule has 2 aromatic rings. The van der Waals surface area contributed by atoms with E-state index in [2.05, 4.69) is 15.6 Å². The van der Waals surface area contributed by atoms with Gasteiger partial charge in [0.2, 0.25) is 5.91 Å². The van der Waals surface area contributed by atoms with Crippen molar-refractivity contribution in [2.45, 2.75) is 31.6 Å². The van der Waals surface area contributed by atoms with Crippen molar-refractivity contribution in [1.82, 2.24) is 25.4 Å². The normalized spacial score (nSPS) is 18.9. The highest BCUT2D eigenvalue weighted by Gasteiger charge is 2.47. The van der Waals surface area contributed by atoms with Crippen molar-refractivity contribution in [2.75, 3.05) is 20.1 Å². The predicted octanol–water partition coefficient (Wildman–Crippen LogP) is 2.64. The number of benzene rings is 1. The molecular weight excluding hydrogens is 463 g/mol. The maximum Gasteiger partial charge on any atom is 0.416 e. The van der Waals surface area contributed by atoms with E-state index in [0.29, 0.717) is 13.0 Å². The van der Waals surface area contributed by atoms with E-state index < -0.39 is 41.7 Å². The fraction of sp³-hybridized carbons (Fsp3) is 0.333. The molecule has 0 bridgehead atoms. The molecular formula is C24H24F3N5O3. The number of hydrogen-bond acceptors (Lipinski definition) is 4. The molecule has 2 unspecified atom stereocenters. The lowest BCUT2D eigenvalue weighted by Crippen LogP contribution is -2.47. The van der Waals surface area contributed by atoms with Gasteiger partial charge in [-0.3, -0.25) is 19.5 Å². The zero-order valence-corrected chi connectivity index (χ0v) is 19.1. The third kappa shape index (κ3) is 4.71. The van der Waals surface area contributed by atoms with E-state index in [1.54, 1.807) is 19.2 Å². The molecule has 3 heterocycles. The van der Waals surface area contributed by atoms with Crippen molar-refractivity contribution in [3.8, 4) is 0 Å². The van der Waals surface area contributed by atoms with Gasteiger partial charge in [-0.25, -0.2) is 4.79 Å². The van der Waals surface area contributed by atoms with E-state index in [-0.39, 0.29) is 23.4 Å². The van der Waals surface area contributed by atoms with Crippen LogP contribution in [0.5, 0.6) is 0 Å². The summed E-state index contributed by atoms with van der Waals surface area (Å²) in [6, 6.07) is 7.46. The second kappa shape index (κ2) is 9.40. The maximum atomic E-state index is 13.7. The minimum atomic E-state index is -4.67. The predicted molar refractivity (Wildman–Crippen MR) is 120 cm³/mol. The first kappa shape index (κ1) is 24.2. The third-order valence-electron chi connectivity index (χ3n) is 6.22. The van der Waals surface area contributed by atoms with Crippen molar-refractivity contribution in [2.24, 2.45) is 0 Å². The second-order valence-electron chi connectivity index (χ2n) is 8.36. The van der Waals surface area contributed by atoms with E-state index >= 15 is 0 Å². The smallest absolute Gasteiger partial charge is 0.354 e. The summed E-state index contributed by atoms with van der Waals surface area (Å²) >= 11 is 0. The highest BCUT2D eigenvalue weighted by molar-refractivity contribution is 6.03. The highest BCUT2D eigenvalue weighted by Crippen LogP contribution is 2.41. The molecule has 0 saturated carbocycles. The van der Waals surface area contributed by atoms with Gasteiger partial charge in [-0.05, 0) is 30.7 Å². The Labute approximate surface area is 199 Å². The van der Waals surface area contributed by atoms with Crippen molar-refractivity contribution in [3.05, 3.63) is 76.8 Å². The first-order valence-corrected chi connectivity index (χ1v) is 11.0. The summed E-state index contributed by atoms with van der Waals surface area (Å²) < 4.78 is 41.0. The Bertz CT molecular complexity index is 1180. The van der Waals surface area contributed by atoms with E-state index in [1.165, 1.54) is 35.0 Å². The van der Waals surface area contributed by atoms with Gasteiger partial charge >= 0.3 is 12.2 Å². The average molecular weight is 487 g/mol. The van der Waals surface area contributed by atoms with Gasteiger partial charge in [0.05, 0.1) is 29.4 Å². The molecule has 4 amide bonds. The highest BCUT2D eigenvalue weighted by atomic mass is 19.4. The van der Waals surface area contributed by atoms with Gasteiger partial charge in [0, 0.05) is 31.9 Å². The number of carbonyl (C=O) groups excluding carboxylic acids is 3. The van der Waals surface area contributed by atoms with Gasteiger partial charge in [0.1, 0.15) is 6.04 Å². The zero-order chi connectivity index (χ0) is 25.3. The van der Waals surface area contributed by atoms with Crippen LogP contribution >= 0.6 is 0 Å². The van der Waals surface area contributed by atoms with E-state index in [0.717, 1.165) is 11.8 Å². The lowest BCUT2D eigenvalue weighted by Gasteiger charge is -2.32. The topological polar surface area (TPSA) is 94.6 Å². The standard InChI is InChI=1S/C24H24F3N5O3/c1-14(21(33)29-12-10-15-7-5-6-11-28-15)32-13-18-19(22(32)34)20(30-23(35)31(18)2)16-8-3-4-9-17(16)24(25,26)27/h3-9,11,14,20H,10,12-13H2,1-2H3,(H,29,33)(H,30,35). The Morgan fingerprint density at radius 3 is 2.60 bits per heavy atom. The minimum absolute atomic E-state index is 0.0249. The van der Waals surface area contributed by atoms with Crippen LogP contribution in [0.1, 0.15) is 29.8 Å². The Balaban J connectivity index is 1.55. The molecule has 8 nitrogen and oxygen atoms in total. The molecule has 2 aliphatic rings. The van der Waals surface area contributed by atoms with Gasteiger partial charge < -0.3 is 15.5 Å². The van der Waals surface area contributed by atoms with Crippen LogP contribution in [0.4, 0.5) is 18.0 Å². The first-order chi connectivity index (χ1) is 16.6. The molecule has 4 rings (SSSR count). The van der Waals surface area contributed by atoms with Crippen LogP contribution in [-0.2, 0) is 22.2 Å². The van der Waals surface area contributed by atoms with Crippen LogP contribution in [0.25, 0.3) is 0 Å². The van der Waals surface area contributed by atoms with E-state index in [9.17, 15) is 27.6 Å². The monoisotopic (exact) mass is 487 g/mol. The summed E-state index contributed by atoms with van der Waals surface area (Å²) in [6.07, 6.45) is -2.52. The van der Waals surface area contributed by atoms with Crippen LogP contribution in [0, 0.1) is 0 Å². The number of nitrogens with zero attached hydrogens (tertiary/aromatic N) is 3. The van der Waals surface area contributed by atoms with Gasteiger partial charge in [-0.1, -0.05) is 24.3 Å². The average Bonchev–Trinajstić information content (AvgIpc) is 3.18. The summed E-state index contributed by atoms with van der Waals surface area (Å²) in [6.45, 7) is 1.77. The molecule has 1 aromatic heterocycles. The number of hydrogen-bond donors (Lipinski definition) is 2. The quantitative estimate of drug-likeness (QED) is 0.655. The first-order valence-electron chi connectivity index (χ1n) is 11.0. The lowest BCUT2D eigenvalue weighted by atomic mass is 9.92. The van der Waals surface area contributed by atoms with Gasteiger partial charge in [0.15, 0.2) is 0 Å². The minimum Gasteiger partial charge on any atom is -0.354 e. The number of aromatic nitrogens is 1. The third-order valence-corrected chi connectivity index (χ3v) is 6.22. The van der Waals surface area contributed by atoms with Crippen molar-refractivity contribution in [3.63, 3.8) is 0 Å². The van der Waals surface area contributed by atoms with Crippen molar-refractivity contribution < 1.29 is 27.6 Å². The lowest BCUT2D eigenvalue weighted by molar-refractivity contribution is -0.138. The largest absolute Gasteiger partial charge is 0.416 e. The SMILES string of the molecule is CC(C(=O)NCCc1ccccn1)N1CC2=C(C1=O)C(c1ccccc1C(F)(F)F)NC(=O)N2C. The summed E-state index contributed by atoms with van der Waals surface area (Å²) in [5.74, 6) is -1.01. The van der Waals surface area contributed by atoms with E-state index in [4.69, 9.17) is 0 Å². The van der Waals surface area contributed by atoms with Gasteiger partial charge in [-0.15, -0.1) is 0 Å². The number of nitrogens with one attached hydrogen (secondary N) is 2. The number of likely N-dealkylation sites (N-methyl/N-ethyl adjacent to an activating group) is 1. The number of alkyl halides is 3. The summed E-state index contributed by atoms with van der Waals surface area (Å²) in [5.41, 5.74) is -0.0668. The number of halogens is 3. The molecule has 11 heteroatoms. The molecule has 0 aliphatic carbocycles. The molecule has 35 heavy (non-hydrogen) atoms. The van der Waals surface area contributed by atoms with Gasteiger partial charge in [-0.2, -0.15) is 13.2 Å². The maximum absolute atomic E-state index is 13.7. The molecule has 0 saturated heterocycles. The Hall–Kier alpha value is -3.89. The molecule has 184 valence electrons. The van der Waals surface area contributed by atoms with Crippen molar-refractivity contribution >= 4 is 17.8 Å². The number of amides is 4. The molecule has 2 N–H and O–H groups in total. The molecule has 0 radical (unpaired) electrons. The Morgan fingerprint density at radius 2 is 1.91 bits per heavy atom. The number of urea groups is 1. The van der Waals surface area contributed by atoms with Crippen LogP contribution in [0.2, 0.25) is 0 Å². The Kier molecular flexibility index (Phi) is 6.51. The van der Waals surface area contributed by atoms with Crippen LogP contribution in [0.3, 0.4) is 0 Å². The molecule has 2 atom stereocenters. The summed E-state index contributed by atoms with van der Waals surface area (Å²) in [4.78, 5) is 45.4. The van der Waals surface area contributed by atoms with Gasteiger partial charge in [0.25, 0.3) is 5.91 Å². The van der Waals surface area contributed by atoms with Crippen LogP contribution in [0.15, 0.2) is 59.9 Å². The van der Waals surface area contributed by atoms with E-state index in [1.807, 2.05) is 12.1 Å². The molecule has 0 spiro atoms. The van der Waals surface area contributed by atoms with Crippen molar-refractivity contribution in [1.29, 1.82) is 0 Å². The molecule has 2 aliphatic heterocycles. The van der Waals surface area contributed by atoms with Crippen LogP contribution < -0.4 is 10.6 Å². The second-order valence-corrected chi connectivity index (χ2v) is 8.36. The number of carbonyl (C=O) groups is 3. The number of rotatable bonds is 6. The molecule has 0 fully saturated rings. The fourth-order valence-corrected chi connectivity index (χ4v) is 4.29. The summed E-state index contributed by atoms with van der Waals surface area (Å²) in [7, 11) is 1.44. The summed E-state index contributed by atoms with van der Waals surface area (Å²) in [5, 5.41) is 5.28.